The molecule has 0 unspecified atom stereocenters. The standard InChI is InChI=1S/C11H10N2O2/c14-7-10-6-9(12-13-10)4-8-2-1-3-11(15)5-8/h1-3,5-7,15H,4H2,(H,12,13). The number of aromatic nitrogens is 2. The first-order chi connectivity index (χ1) is 7.28. The molecule has 2 N–H and O–H groups in total. The van der Waals surface area contributed by atoms with E-state index in [2.05, 4.69) is 10.2 Å². The van der Waals surface area contributed by atoms with Crippen molar-refractivity contribution in [3.63, 3.8) is 0 Å². The molecule has 0 aliphatic heterocycles. The average molecular weight is 202 g/mol. The van der Waals surface area contributed by atoms with Gasteiger partial charge in [0, 0.05) is 12.1 Å². The first kappa shape index (κ1) is 9.45. The molecule has 0 atom stereocenters. The Labute approximate surface area is 86.6 Å². The van der Waals surface area contributed by atoms with Crippen LogP contribution >= 0.6 is 0 Å². The lowest BCUT2D eigenvalue weighted by Gasteiger charge is -1.98. The van der Waals surface area contributed by atoms with Crippen molar-refractivity contribution in [2.24, 2.45) is 0 Å². The summed E-state index contributed by atoms with van der Waals surface area (Å²) in [5.74, 6) is 0.239. The predicted octanol–water partition coefficient (Wildman–Crippen LogP) is 1.52. The Morgan fingerprint density at radius 1 is 1.40 bits per heavy atom. The van der Waals surface area contributed by atoms with Gasteiger partial charge in [-0.1, -0.05) is 12.1 Å². The molecule has 0 aliphatic carbocycles. The Balaban J connectivity index is 2.18. The van der Waals surface area contributed by atoms with Crippen LogP contribution in [0.2, 0.25) is 0 Å². The summed E-state index contributed by atoms with van der Waals surface area (Å²) >= 11 is 0. The molecule has 1 heterocycles. The highest BCUT2D eigenvalue weighted by atomic mass is 16.3. The SMILES string of the molecule is O=Cc1cc(Cc2cccc(O)c2)[nH]n1. The molecular formula is C11H10N2O2. The molecule has 0 radical (unpaired) electrons. The topological polar surface area (TPSA) is 66.0 Å². The second-order valence-corrected chi connectivity index (χ2v) is 3.28. The van der Waals surface area contributed by atoms with Crippen LogP contribution in [0.3, 0.4) is 0 Å². The van der Waals surface area contributed by atoms with Gasteiger partial charge in [0.15, 0.2) is 6.29 Å². The highest BCUT2D eigenvalue weighted by Gasteiger charge is 2.01. The number of carbonyl (C=O) groups excluding carboxylic acids is 1. The van der Waals surface area contributed by atoms with E-state index < -0.39 is 0 Å². The quantitative estimate of drug-likeness (QED) is 0.741. The van der Waals surface area contributed by atoms with E-state index in [0.29, 0.717) is 18.4 Å². The van der Waals surface area contributed by atoms with Gasteiger partial charge >= 0.3 is 0 Å². The van der Waals surface area contributed by atoms with Crippen LogP contribution in [-0.2, 0) is 6.42 Å². The fourth-order valence-electron chi connectivity index (χ4n) is 1.42. The summed E-state index contributed by atoms with van der Waals surface area (Å²) < 4.78 is 0. The summed E-state index contributed by atoms with van der Waals surface area (Å²) in [4.78, 5) is 10.4. The summed E-state index contributed by atoms with van der Waals surface area (Å²) in [6.45, 7) is 0. The summed E-state index contributed by atoms with van der Waals surface area (Å²) in [5.41, 5.74) is 2.21. The molecule has 0 spiro atoms. The molecule has 0 amide bonds. The Hall–Kier alpha value is -2.10. The van der Waals surface area contributed by atoms with E-state index in [0.717, 1.165) is 11.3 Å². The summed E-state index contributed by atoms with van der Waals surface area (Å²) in [5, 5.41) is 15.8. The number of hydrogen-bond acceptors (Lipinski definition) is 3. The fourth-order valence-corrected chi connectivity index (χ4v) is 1.42. The zero-order chi connectivity index (χ0) is 10.7. The van der Waals surface area contributed by atoms with Crippen molar-refractivity contribution in [2.75, 3.05) is 0 Å². The minimum atomic E-state index is 0.239. The summed E-state index contributed by atoms with van der Waals surface area (Å²) in [6, 6.07) is 8.68. The monoisotopic (exact) mass is 202 g/mol. The Bertz CT molecular complexity index is 477. The maximum absolute atomic E-state index is 10.4. The molecule has 0 saturated heterocycles. The van der Waals surface area contributed by atoms with Crippen molar-refractivity contribution in [2.45, 2.75) is 6.42 Å². The number of aromatic hydroxyl groups is 1. The summed E-state index contributed by atoms with van der Waals surface area (Å²) in [7, 11) is 0. The van der Waals surface area contributed by atoms with E-state index in [4.69, 9.17) is 0 Å². The third-order valence-corrected chi connectivity index (χ3v) is 2.08. The number of aldehydes is 1. The van der Waals surface area contributed by atoms with Crippen LogP contribution in [0.4, 0.5) is 0 Å². The fraction of sp³-hybridized carbons (Fsp3) is 0.0909. The molecule has 0 fully saturated rings. The first-order valence-electron chi connectivity index (χ1n) is 4.55. The van der Waals surface area contributed by atoms with Crippen LogP contribution < -0.4 is 0 Å². The normalized spacial score (nSPS) is 10.1. The van der Waals surface area contributed by atoms with Gasteiger partial charge in [-0.05, 0) is 23.8 Å². The predicted molar refractivity (Wildman–Crippen MR) is 54.9 cm³/mol. The van der Waals surface area contributed by atoms with E-state index in [9.17, 15) is 9.90 Å². The van der Waals surface area contributed by atoms with Crippen LogP contribution in [0, 0.1) is 0 Å². The Morgan fingerprint density at radius 2 is 2.27 bits per heavy atom. The second-order valence-electron chi connectivity index (χ2n) is 3.28. The number of rotatable bonds is 3. The maximum Gasteiger partial charge on any atom is 0.170 e. The number of carbonyl (C=O) groups is 1. The van der Waals surface area contributed by atoms with E-state index in [1.54, 1.807) is 24.3 Å². The lowest BCUT2D eigenvalue weighted by atomic mass is 10.1. The highest BCUT2D eigenvalue weighted by Crippen LogP contribution is 2.14. The van der Waals surface area contributed by atoms with Gasteiger partial charge in [-0.15, -0.1) is 0 Å². The lowest BCUT2D eigenvalue weighted by molar-refractivity contribution is 0.111. The van der Waals surface area contributed by atoms with Crippen molar-refractivity contribution in [3.05, 3.63) is 47.3 Å². The first-order valence-corrected chi connectivity index (χ1v) is 4.55. The number of H-pyrrole nitrogens is 1. The van der Waals surface area contributed by atoms with Crippen molar-refractivity contribution < 1.29 is 9.90 Å². The number of benzene rings is 1. The number of aromatic amines is 1. The van der Waals surface area contributed by atoms with Crippen LogP contribution in [0.25, 0.3) is 0 Å². The van der Waals surface area contributed by atoms with Crippen LogP contribution in [0.15, 0.2) is 30.3 Å². The number of nitrogens with one attached hydrogen (secondary N) is 1. The van der Waals surface area contributed by atoms with Crippen molar-refractivity contribution in [1.82, 2.24) is 10.2 Å². The van der Waals surface area contributed by atoms with Crippen LogP contribution in [0.1, 0.15) is 21.7 Å². The number of nitrogens with zero attached hydrogens (tertiary/aromatic N) is 1. The largest absolute Gasteiger partial charge is 0.508 e. The van der Waals surface area contributed by atoms with Gasteiger partial charge in [0.1, 0.15) is 11.4 Å². The molecule has 1 aromatic carbocycles. The highest BCUT2D eigenvalue weighted by molar-refractivity contribution is 5.71. The van der Waals surface area contributed by atoms with E-state index in [1.165, 1.54) is 0 Å². The van der Waals surface area contributed by atoms with Crippen molar-refractivity contribution in [1.29, 1.82) is 0 Å². The van der Waals surface area contributed by atoms with Gasteiger partial charge in [0.2, 0.25) is 0 Å². The third kappa shape index (κ3) is 2.22. The smallest absolute Gasteiger partial charge is 0.170 e. The molecule has 15 heavy (non-hydrogen) atoms. The molecule has 4 heteroatoms. The molecule has 4 nitrogen and oxygen atoms in total. The van der Waals surface area contributed by atoms with Gasteiger partial charge in [0.05, 0.1) is 0 Å². The van der Waals surface area contributed by atoms with Crippen molar-refractivity contribution in [3.8, 4) is 5.75 Å². The molecule has 0 bridgehead atoms. The third-order valence-electron chi connectivity index (χ3n) is 2.08. The van der Waals surface area contributed by atoms with Gasteiger partial charge < -0.3 is 5.11 Å². The molecule has 1 aromatic heterocycles. The molecule has 2 aromatic rings. The Morgan fingerprint density at radius 3 is 2.93 bits per heavy atom. The van der Waals surface area contributed by atoms with Gasteiger partial charge in [0.25, 0.3) is 0 Å². The van der Waals surface area contributed by atoms with Crippen LogP contribution in [0.5, 0.6) is 5.75 Å². The van der Waals surface area contributed by atoms with E-state index in [-0.39, 0.29) is 5.75 Å². The van der Waals surface area contributed by atoms with E-state index >= 15 is 0 Å². The number of phenols is 1. The van der Waals surface area contributed by atoms with Crippen LogP contribution in [-0.4, -0.2) is 21.6 Å². The minimum absolute atomic E-state index is 0.239. The number of phenolic OH excluding ortho intramolecular Hbond substituents is 1. The van der Waals surface area contributed by atoms with E-state index in [1.807, 2.05) is 6.07 Å². The maximum atomic E-state index is 10.4. The number of hydrogen-bond donors (Lipinski definition) is 2. The van der Waals surface area contributed by atoms with Gasteiger partial charge in [-0.25, -0.2) is 0 Å². The molecule has 2 rings (SSSR count). The lowest BCUT2D eigenvalue weighted by Crippen LogP contribution is -1.87. The second kappa shape index (κ2) is 3.96. The van der Waals surface area contributed by atoms with Crippen molar-refractivity contribution >= 4 is 6.29 Å². The molecule has 0 aliphatic rings. The zero-order valence-corrected chi connectivity index (χ0v) is 7.97. The average Bonchev–Trinajstić information content (AvgIpc) is 2.65. The molecule has 0 saturated carbocycles. The Kier molecular flexibility index (Phi) is 2.49. The van der Waals surface area contributed by atoms with Gasteiger partial charge in [-0.2, -0.15) is 5.10 Å². The zero-order valence-electron chi connectivity index (χ0n) is 7.97. The van der Waals surface area contributed by atoms with Gasteiger partial charge in [-0.3, -0.25) is 9.89 Å². The molecular weight excluding hydrogens is 192 g/mol. The molecule has 76 valence electrons. The minimum Gasteiger partial charge on any atom is -0.508 e. The summed E-state index contributed by atoms with van der Waals surface area (Å²) in [6.07, 6.45) is 1.32.